The van der Waals surface area contributed by atoms with E-state index in [0.717, 1.165) is 36.2 Å². The predicted molar refractivity (Wildman–Crippen MR) is 127 cm³/mol. The fourth-order valence-corrected chi connectivity index (χ4v) is 4.18. The van der Waals surface area contributed by atoms with Crippen LogP contribution in [0.5, 0.6) is 0 Å². The Morgan fingerprint density at radius 3 is 2.48 bits per heavy atom. The zero-order chi connectivity index (χ0) is 22.5. The van der Waals surface area contributed by atoms with Crippen LogP contribution >= 0.6 is 23.2 Å². The van der Waals surface area contributed by atoms with E-state index in [1.54, 1.807) is 6.07 Å². The molecular weight excluding hydrogens is 433 g/mol. The lowest BCUT2D eigenvalue weighted by Crippen LogP contribution is -2.33. The summed E-state index contributed by atoms with van der Waals surface area (Å²) in [5.74, 6) is 0.0932. The third-order valence-corrected chi connectivity index (χ3v) is 6.24. The number of benzene rings is 2. The van der Waals surface area contributed by atoms with Crippen LogP contribution in [0.1, 0.15) is 41.3 Å². The molecule has 0 spiro atoms. The molecule has 1 aliphatic rings. The number of hydrogen-bond donors (Lipinski definition) is 0. The van der Waals surface area contributed by atoms with Crippen molar-refractivity contribution in [1.82, 2.24) is 9.80 Å². The van der Waals surface area contributed by atoms with Crippen molar-refractivity contribution in [3.05, 3.63) is 63.1 Å². The molecule has 0 saturated carbocycles. The molecule has 0 aliphatic carbocycles. The van der Waals surface area contributed by atoms with Gasteiger partial charge in [0.2, 0.25) is 5.91 Å². The molecule has 2 aromatic carbocycles. The first-order chi connectivity index (χ1) is 14.8. The largest absolute Gasteiger partial charge is 0.334 e. The second-order valence-electron chi connectivity index (χ2n) is 8.12. The second kappa shape index (κ2) is 10.5. The Balaban J connectivity index is 1.82. The molecular formula is C24H29Cl2N3O2. The summed E-state index contributed by atoms with van der Waals surface area (Å²) in [7, 11) is 4.05. The van der Waals surface area contributed by atoms with Gasteiger partial charge in [0.1, 0.15) is 0 Å². The van der Waals surface area contributed by atoms with E-state index in [2.05, 4.69) is 4.90 Å². The van der Waals surface area contributed by atoms with Crippen LogP contribution in [0.4, 0.5) is 5.69 Å². The molecule has 5 nitrogen and oxygen atoms in total. The molecule has 166 valence electrons. The second-order valence-corrected chi connectivity index (χ2v) is 8.94. The topological polar surface area (TPSA) is 43.9 Å². The SMILES string of the molecule is CCC(=O)N1CCc2cc(C(=O)N(CCCN(C)C)Cc3ccc(Cl)c(Cl)c3)ccc21. The van der Waals surface area contributed by atoms with E-state index >= 15 is 0 Å². The Labute approximate surface area is 194 Å². The summed E-state index contributed by atoms with van der Waals surface area (Å²) in [5, 5.41) is 0.985. The summed E-state index contributed by atoms with van der Waals surface area (Å²) < 4.78 is 0. The van der Waals surface area contributed by atoms with Gasteiger partial charge in [0.25, 0.3) is 5.91 Å². The van der Waals surface area contributed by atoms with Crippen LogP contribution < -0.4 is 4.90 Å². The molecule has 1 aliphatic heterocycles. The average Bonchev–Trinajstić information content (AvgIpc) is 3.17. The van der Waals surface area contributed by atoms with Gasteiger partial charge in [0, 0.05) is 37.3 Å². The van der Waals surface area contributed by atoms with Crippen LogP contribution in [0.3, 0.4) is 0 Å². The van der Waals surface area contributed by atoms with Gasteiger partial charge >= 0.3 is 0 Å². The van der Waals surface area contributed by atoms with Crippen molar-refractivity contribution >= 4 is 40.7 Å². The molecule has 7 heteroatoms. The van der Waals surface area contributed by atoms with Crippen LogP contribution in [0.2, 0.25) is 10.0 Å². The van der Waals surface area contributed by atoms with Crippen molar-refractivity contribution in [1.29, 1.82) is 0 Å². The van der Waals surface area contributed by atoms with E-state index in [9.17, 15) is 9.59 Å². The summed E-state index contributed by atoms with van der Waals surface area (Å²) in [4.78, 5) is 31.4. The highest BCUT2D eigenvalue weighted by Crippen LogP contribution is 2.30. The Morgan fingerprint density at radius 2 is 1.81 bits per heavy atom. The lowest BCUT2D eigenvalue weighted by Gasteiger charge is -2.24. The minimum Gasteiger partial charge on any atom is -0.334 e. The summed E-state index contributed by atoms with van der Waals surface area (Å²) in [6, 6.07) is 11.1. The van der Waals surface area contributed by atoms with Crippen LogP contribution in [0, 0.1) is 0 Å². The summed E-state index contributed by atoms with van der Waals surface area (Å²) >= 11 is 12.2. The predicted octanol–water partition coefficient (Wildman–Crippen LogP) is 4.89. The average molecular weight is 462 g/mol. The number of anilines is 1. The highest BCUT2D eigenvalue weighted by Gasteiger charge is 2.25. The van der Waals surface area contributed by atoms with Crippen molar-refractivity contribution in [2.45, 2.75) is 32.7 Å². The molecule has 3 rings (SSSR count). The Kier molecular flexibility index (Phi) is 7.98. The van der Waals surface area contributed by atoms with Crippen molar-refractivity contribution < 1.29 is 9.59 Å². The lowest BCUT2D eigenvalue weighted by atomic mass is 10.1. The first-order valence-corrected chi connectivity index (χ1v) is 11.4. The molecule has 0 unspecified atom stereocenters. The molecule has 0 atom stereocenters. The van der Waals surface area contributed by atoms with E-state index in [0.29, 0.717) is 41.7 Å². The highest BCUT2D eigenvalue weighted by molar-refractivity contribution is 6.42. The highest BCUT2D eigenvalue weighted by atomic mass is 35.5. The van der Waals surface area contributed by atoms with Crippen molar-refractivity contribution in [3.8, 4) is 0 Å². The van der Waals surface area contributed by atoms with E-state index in [-0.39, 0.29) is 11.8 Å². The van der Waals surface area contributed by atoms with Gasteiger partial charge in [-0.3, -0.25) is 9.59 Å². The Hall–Kier alpha value is -2.08. The third kappa shape index (κ3) is 5.79. The van der Waals surface area contributed by atoms with Crippen LogP contribution in [-0.4, -0.2) is 55.3 Å². The molecule has 0 radical (unpaired) electrons. The zero-order valence-electron chi connectivity index (χ0n) is 18.3. The summed E-state index contributed by atoms with van der Waals surface area (Å²) in [6.45, 7) is 4.53. The maximum atomic E-state index is 13.4. The van der Waals surface area contributed by atoms with Crippen LogP contribution in [-0.2, 0) is 17.8 Å². The van der Waals surface area contributed by atoms with Gasteiger partial charge in [0.15, 0.2) is 0 Å². The minimum absolute atomic E-state index is 0.0205. The number of carbonyl (C=O) groups is 2. The fraction of sp³-hybridized carbons (Fsp3) is 0.417. The molecule has 2 aromatic rings. The number of carbonyl (C=O) groups excluding carboxylic acids is 2. The number of fused-ring (bicyclic) bond motifs is 1. The van der Waals surface area contributed by atoms with E-state index in [1.165, 1.54) is 0 Å². The van der Waals surface area contributed by atoms with Gasteiger partial charge in [-0.05, 0) is 74.9 Å². The minimum atomic E-state index is -0.0205. The van der Waals surface area contributed by atoms with Gasteiger partial charge in [-0.25, -0.2) is 0 Å². The van der Waals surface area contributed by atoms with Crippen LogP contribution in [0.25, 0.3) is 0 Å². The lowest BCUT2D eigenvalue weighted by molar-refractivity contribution is -0.118. The number of rotatable bonds is 8. The Bertz CT molecular complexity index is 962. The fourth-order valence-electron chi connectivity index (χ4n) is 3.86. The van der Waals surface area contributed by atoms with Gasteiger partial charge < -0.3 is 14.7 Å². The van der Waals surface area contributed by atoms with Crippen molar-refractivity contribution in [3.63, 3.8) is 0 Å². The molecule has 0 aromatic heterocycles. The summed E-state index contributed by atoms with van der Waals surface area (Å²) in [6.07, 6.45) is 2.11. The molecule has 31 heavy (non-hydrogen) atoms. The molecule has 0 saturated heterocycles. The number of hydrogen-bond acceptors (Lipinski definition) is 3. The number of halogens is 2. The molecule has 2 amide bonds. The van der Waals surface area contributed by atoms with Gasteiger partial charge in [-0.15, -0.1) is 0 Å². The zero-order valence-corrected chi connectivity index (χ0v) is 19.8. The molecule has 0 bridgehead atoms. The normalized spacial score (nSPS) is 12.9. The smallest absolute Gasteiger partial charge is 0.254 e. The molecule has 0 fully saturated rings. The monoisotopic (exact) mass is 461 g/mol. The first-order valence-electron chi connectivity index (χ1n) is 10.6. The standard InChI is InChI=1S/C24H29Cl2N3O2/c1-4-23(30)29-13-10-18-15-19(7-9-22(18)29)24(31)28(12-5-11-27(2)3)16-17-6-8-20(25)21(26)14-17/h6-9,14-15H,4-5,10-13,16H2,1-3H3. The number of amides is 2. The molecule has 1 heterocycles. The quantitative estimate of drug-likeness (QED) is 0.562. The van der Waals surface area contributed by atoms with Gasteiger partial charge in [-0.1, -0.05) is 36.2 Å². The van der Waals surface area contributed by atoms with E-state index < -0.39 is 0 Å². The van der Waals surface area contributed by atoms with Crippen LogP contribution in [0.15, 0.2) is 36.4 Å². The summed E-state index contributed by atoms with van der Waals surface area (Å²) in [5.41, 5.74) is 3.56. The van der Waals surface area contributed by atoms with Crippen molar-refractivity contribution in [2.24, 2.45) is 0 Å². The van der Waals surface area contributed by atoms with E-state index in [4.69, 9.17) is 23.2 Å². The Morgan fingerprint density at radius 1 is 1.03 bits per heavy atom. The van der Waals surface area contributed by atoms with Gasteiger partial charge in [0.05, 0.1) is 10.0 Å². The first kappa shape index (κ1) is 23.6. The maximum Gasteiger partial charge on any atom is 0.254 e. The maximum absolute atomic E-state index is 13.4. The third-order valence-electron chi connectivity index (χ3n) is 5.50. The van der Waals surface area contributed by atoms with Gasteiger partial charge in [-0.2, -0.15) is 0 Å². The van der Waals surface area contributed by atoms with E-state index in [1.807, 2.05) is 61.2 Å². The van der Waals surface area contributed by atoms with Crippen molar-refractivity contribution in [2.75, 3.05) is 38.6 Å². The molecule has 0 N–H and O–H groups in total. The number of nitrogens with zero attached hydrogens (tertiary/aromatic N) is 3.